The summed E-state index contributed by atoms with van der Waals surface area (Å²) < 4.78 is 14.3. The van der Waals surface area contributed by atoms with Crippen LogP contribution in [0.25, 0.3) is 11.3 Å². The minimum Gasteiger partial charge on any atom is -0.336 e. The van der Waals surface area contributed by atoms with E-state index in [1.807, 2.05) is 11.4 Å². The number of hydrogen-bond donors (Lipinski definition) is 2. The van der Waals surface area contributed by atoms with Gasteiger partial charge in [0.1, 0.15) is 5.82 Å². The fraction of sp³-hybridized carbons (Fsp3) is 0.118. The Balaban J connectivity index is 1.62. The molecule has 0 aliphatic heterocycles. The zero-order valence-electron chi connectivity index (χ0n) is 13.1. The molecule has 0 saturated carbocycles. The molecule has 0 fully saturated rings. The molecule has 2 N–H and O–H groups in total. The first-order chi connectivity index (χ1) is 12.1. The van der Waals surface area contributed by atoms with E-state index in [0.29, 0.717) is 11.3 Å². The number of hydrogen-bond acceptors (Lipinski definition) is 4. The number of halogens is 1. The van der Waals surface area contributed by atoms with E-state index in [9.17, 15) is 14.0 Å². The Morgan fingerprint density at radius 2 is 1.96 bits per heavy atom. The van der Waals surface area contributed by atoms with Crippen LogP contribution in [0.3, 0.4) is 0 Å². The molecule has 25 heavy (non-hydrogen) atoms. The topological polar surface area (TPSA) is 76.0 Å². The van der Waals surface area contributed by atoms with Crippen molar-refractivity contribution in [1.82, 2.24) is 15.1 Å². The Bertz CT molecular complexity index is 907. The molecule has 2 heterocycles. The first kappa shape index (κ1) is 16.8. The van der Waals surface area contributed by atoms with Gasteiger partial charge in [-0.05, 0) is 47.8 Å². The molecule has 128 valence electrons. The molecule has 6 nitrogen and oxygen atoms in total. The van der Waals surface area contributed by atoms with E-state index < -0.39 is 0 Å². The molecule has 2 aromatic heterocycles. The van der Waals surface area contributed by atoms with Gasteiger partial charge in [0.25, 0.3) is 5.56 Å². The lowest BCUT2D eigenvalue weighted by atomic mass is 10.1. The highest BCUT2D eigenvalue weighted by Gasteiger charge is 2.05. The van der Waals surface area contributed by atoms with Gasteiger partial charge in [-0.3, -0.25) is 10.1 Å². The maximum atomic E-state index is 13.0. The quantitative estimate of drug-likeness (QED) is 0.736. The summed E-state index contributed by atoms with van der Waals surface area (Å²) in [5.74, 6) is -0.335. The molecule has 0 aliphatic carbocycles. The van der Waals surface area contributed by atoms with Crippen LogP contribution < -0.4 is 16.2 Å². The molecular formula is C17H15FN4O2S. The van der Waals surface area contributed by atoms with Crippen molar-refractivity contribution in [3.8, 4) is 11.3 Å². The summed E-state index contributed by atoms with van der Waals surface area (Å²) in [6.45, 7) is 0.475. The average molecular weight is 358 g/mol. The molecule has 0 aliphatic rings. The van der Waals surface area contributed by atoms with Crippen LogP contribution in [0.1, 0.15) is 0 Å². The number of anilines is 1. The number of aromatic nitrogens is 2. The summed E-state index contributed by atoms with van der Waals surface area (Å²) in [5.41, 5.74) is 0.993. The summed E-state index contributed by atoms with van der Waals surface area (Å²) in [5, 5.41) is 12.2. The molecular weight excluding hydrogens is 343 g/mol. The number of carbonyl (C=O) groups excluding carboxylic acids is 1. The Morgan fingerprint density at radius 1 is 1.16 bits per heavy atom. The van der Waals surface area contributed by atoms with E-state index in [1.165, 1.54) is 34.2 Å². The molecule has 0 spiro atoms. The monoisotopic (exact) mass is 358 g/mol. The van der Waals surface area contributed by atoms with Crippen LogP contribution in [0.5, 0.6) is 0 Å². The van der Waals surface area contributed by atoms with Crippen molar-refractivity contribution in [3.05, 3.63) is 70.1 Å². The van der Waals surface area contributed by atoms with Crippen molar-refractivity contribution >= 4 is 22.4 Å². The van der Waals surface area contributed by atoms with E-state index in [4.69, 9.17) is 0 Å². The van der Waals surface area contributed by atoms with Crippen LogP contribution in [0.2, 0.25) is 0 Å². The third kappa shape index (κ3) is 4.51. The van der Waals surface area contributed by atoms with Gasteiger partial charge in [-0.25, -0.2) is 13.9 Å². The highest BCUT2D eigenvalue weighted by molar-refractivity contribution is 7.14. The maximum Gasteiger partial charge on any atom is 0.319 e. The zero-order chi connectivity index (χ0) is 17.6. The molecule has 3 rings (SSSR count). The summed E-state index contributed by atoms with van der Waals surface area (Å²) in [6, 6.07) is 12.1. The van der Waals surface area contributed by atoms with Crippen molar-refractivity contribution in [1.29, 1.82) is 0 Å². The maximum absolute atomic E-state index is 13.0. The first-order valence-corrected chi connectivity index (χ1v) is 8.42. The summed E-state index contributed by atoms with van der Waals surface area (Å²) >= 11 is 1.42. The van der Waals surface area contributed by atoms with Gasteiger partial charge in [0.2, 0.25) is 0 Å². The number of benzene rings is 1. The van der Waals surface area contributed by atoms with Crippen LogP contribution in [-0.4, -0.2) is 22.4 Å². The van der Waals surface area contributed by atoms with E-state index >= 15 is 0 Å². The fourth-order valence-electron chi connectivity index (χ4n) is 2.16. The first-order valence-electron chi connectivity index (χ1n) is 7.54. The number of nitrogens with zero attached hydrogens (tertiary/aromatic N) is 2. The van der Waals surface area contributed by atoms with Crippen molar-refractivity contribution < 1.29 is 9.18 Å². The summed E-state index contributed by atoms with van der Waals surface area (Å²) in [4.78, 5) is 23.6. The molecule has 0 radical (unpaired) electrons. The largest absolute Gasteiger partial charge is 0.336 e. The van der Waals surface area contributed by atoms with Gasteiger partial charge >= 0.3 is 6.03 Å². The van der Waals surface area contributed by atoms with Crippen LogP contribution in [0, 0.1) is 5.82 Å². The normalized spacial score (nSPS) is 10.4. The van der Waals surface area contributed by atoms with Crippen LogP contribution in [0.4, 0.5) is 14.2 Å². The number of carbonyl (C=O) groups is 1. The van der Waals surface area contributed by atoms with E-state index in [0.717, 1.165) is 5.00 Å². The van der Waals surface area contributed by atoms with Gasteiger partial charge in [0, 0.05) is 18.2 Å². The molecule has 2 amide bonds. The number of urea groups is 1. The van der Waals surface area contributed by atoms with Crippen molar-refractivity contribution in [2.24, 2.45) is 0 Å². The lowest BCUT2D eigenvalue weighted by Gasteiger charge is -2.09. The van der Waals surface area contributed by atoms with Gasteiger partial charge < -0.3 is 5.32 Å². The van der Waals surface area contributed by atoms with Crippen molar-refractivity contribution in [2.45, 2.75) is 6.54 Å². The highest BCUT2D eigenvalue weighted by atomic mass is 32.1. The number of nitrogens with one attached hydrogen (secondary N) is 2. The Morgan fingerprint density at radius 3 is 2.68 bits per heavy atom. The van der Waals surface area contributed by atoms with Gasteiger partial charge in [-0.1, -0.05) is 0 Å². The van der Waals surface area contributed by atoms with Crippen LogP contribution >= 0.6 is 11.3 Å². The van der Waals surface area contributed by atoms with Crippen molar-refractivity contribution in [2.75, 3.05) is 11.9 Å². The molecule has 0 bridgehead atoms. The SMILES string of the molecule is O=C(NCCn1nc(-c2ccc(F)cc2)ccc1=O)Nc1cccs1. The molecule has 0 atom stereocenters. The molecule has 0 unspecified atom stereocenters. The number of rotatable bonds is 5. The van der Waals surface area contributed by atoms with Gasteiger partial charge in [-0.2, -0.15) is 5.10 Å². The minimum atomic E-state index is -0.342. The standard InChI is InChI=1S/C17H15FN4O2S/c18-13-5-3-12(4-6-13)14-7-8-16(23)22(21-14)10-9-19-17(24)20-15-2-1-11-25-15/h1-8,11H,9-10H2,(H2,19,20,24). The second-order valence-electron chi connectivity index (χ2n) is 5.15. The zero-order valence-corrected chi connectivity index (χ0v) is 13.9. The third-order valence-corrected chi connectivity index (χ3v) is 4.16. The smallest absolute Gasteiger partial charge is 0.319 e. The van der Waals surface area contributed by atoms with Crippen LogP contribution in [-0.2, 0) is 6.54 Å². The van der Waals surface area contributed by atoms with Gasteiger partial charge in [-0.15, -0.1) is 11.3 Å². The van der Waals surface area contributed by atoms with E-state index in [-0.39, 0.29) is 30.5 Å². The lowest BCUT2D eigenvalue weighted by Crippen LogP contribution is -2.34. The molecule has 1 aromatic carbocycles. The average Bonchev–Trinajstić information content (AvgIpc) is 3.10. The van der Waals surface area contributed by atoms with Crippen molar-refractivity contribution in [3.63, 3.8) is 0 Å². The number of amides is 2. The lowest BCUT2D eigenvalue weighted by molar-refractivity contribution is 0.251. The van der Waals surface area contributed by atoms with Gasteiger partial charge in [0.15, 0.2) is 0 Å². The molecule has 8 heteroatoms. The van der Waals surface area contributed by atoms with Crippen LogP contribution in [0.15, 0.2) is 58.7 Å². The second kappa shape index (κ2) is 7.71. The highest BCUT2D eigenvalue weighted by Crippen LogP contribution is 2.16. The summed E-state index contributed by atoms with van der Waals surface area (Å²) in [6.07, 6.45) is 0. The minimum absolute atomic E-state index is 0.228. The second-order valence-corrected chi connectivity index (χ2v) is 6.09. The predicted molar refractivity (Wildman–Crippen MR) is 95.2 cm³/mol. The molecule has 3 aromatic rings. The Kier molecular flexibility index (Phi) is 5.20. The fourth-order valence-corrected chi connectivity index (χ4v) is 2.78. The van der Waals surface area contributed by atoms with E-state index in [1.54, 1.807) is 24.3 Å². The predicted octanol–water partition coefficient (Wildman–Crippen LogP) is 2.93. The van der Waals surface area contributed by atoms with Gasteiger partial charge in [0.05, 0.1) is 17.2 Å². The Labute approximate surface area is 146 Å². The molecule has 0 saturated heterocycles. The third-order valence-electron chi connectivity index (χ3n) is 3.37. The number of thiophene rings is 1. The Hall–Kier alpha value is -3.00. The van der Waals surface area contributed by atoms with E-state index in [2.05, 4.69) is 15.7 Å². The summed E-state index contributed by atoms with van der Waals surface area (Å²) in [7, 11) is 0.